The Kier molecular flexibility index (Phi) is 20.7. The third kappa shape index (κ3) is 16.0. The molecule has 10 rings (SSSR count). The molecule has 91 heavy (non-hydrogen) atoms. The zero-order valence-corrected chi connectivity index (χ0v) is 53.7. The van der Waals surface area contributed by atoms with Gasteiger partial charge >= 0.3 is 5.51 Å². The molecule has 5 aromatic rings. The number of hydrogen-bond acceptors (Lipinski definition) is 16. The fourth-order valence-corrected chi connectivity index (χ4v) is 15.5. The van der Waals surface area contributed by atoms with Gasteiger partial charge < -0.3 is 20.4 Å². The van der Waals surface area contributed by atoms with E-state index >= 15 is 0 Å². The standard InChI is InChI=1S/C65H73ClF3N9O10S3/c1-64(2)28-26-51(43-14-18-46(66)19-15-43)45(40-64)41-75-33-35-76(36-34-75)48-20-16-44(17-21-48)60(81)73-91(87,88)50-22-23-53(56(39-50)90(85,86)65(67,68)69)71-47(42-89-49-9-4-3-5-10-49)27-30-74-31-37-77(38-32-74)58(80)13-6-7-29-70-54-12-8-11-52-59(54)63(84)78(62(52)83)55-24-25-57(79)72-61(55)82/h3-5,8-12,14-23,39,47,55,70-71H,6-7,13,24-38,40-42H2,1-2H3,(H,73,81)(H,72,79,82)/t47-,55-/m1/s1. The highest BCUT2D eigenvalue weighted by molar-refractivity contribution is 7.99. The first kappa shape index (κ1) is 66.6. The zero-order valence-electron chi connectivity index (χ0n) is 50.5. The van der Waals surface area contributed by atoms with E-state index in [0.717, 1.165) is 66.5 Å². The van der Waals surface area contributed by atoms with Crippen LogP contribution in [0, 0.1) is 5.41 Å². The van der Waals surface area contributed by atoms with Crippen LogP contribution in [-0.4, -0.2) is 167 Å². The van der Waals surface area contributed by atoms with Crippen molar-refractivity contribution in [1.29, 1.82) is 0 Å². The van der Waals surface area contributed by atoms with Crippen LogP contribution in [0.5, 0.6) is 0 Å². The van der Waals surface area contributed by atoms with Gasteiger partial charge in [0, 0.05) is 123 Å². The van der Waals surface area contributed by atoms with E-state index < -0.39 is 82.5 Å². The molecule has 2 atom stereocenters. The van der Waals surface area contributed by atoms with Gasteiger partial charge in [-0.1, -0.05) is 67.4 Å². The Bertz CT molecular complexity index is 3830. The number of piperazine rings is 2. The second-order valence-corrected chi connectivity index (χ2v) is 29.4. The van der Waals surface area contributed by atoms with Crippen LogP contribution in [0.15, 0.2) is 136 Å². The molecule has 5 aromatic carbocycles. The number of nitrogens with zero attached hydrogens (tertiary/aromatic N) is 5. The number of halogens is 4. The number of rotatable bonds is 23. The number of hydrogen-bond donors (Lipinski definition) is 4. The Morgan fingerprint density at radius 3 is 2.18 bits per heavy atom. The van der Waals surface area contributed by atoms with Crippen molar-refractivity contribution < 1.29 is 58.8 Å². The number of sulfone groups is 1. The van der Waals surface area contributed by atoms with Crippen LogP contribution < -0.4 is 25.6 Å². The summed E-state index contributed by atoms with van der Waals surface area (Å²) in [5, 5.41) is 9.09. The predicted molar refractivity (Wildman–Crippen MR) is 343 cm³/mol. The van der Waals surface area contributed by atoms with E-state index in [1.807, 2.05) is 47.2 Å². The zero-order chi connectivity index (χ0) is 64.8. The first-order valence-corrected chi connectivity index (χ1v) is 34.8. The number of thioether (sulfide) groups is 1. The maximum Gasteiger partial charge on any atom is 0.501 e. The molecule has 0 saturated carbocycles. The molecule has 0 unspecified atom stereocenters. The number of amides is 6. The van der Waals surface area contributed by atoms with Crippen LogP contribution in [0.1, 0.15) is 108 Å². The number of nitrogens with one attached hydrogen (secondary N) is 4. The molecule has 3 saturated heterocycles. The van der Waals surface area contributed by atoms with Gasteiger partial charge in [0.15, 0.2) is 0 Å². The van der Waals surface area contributed by atoms with Gasteiger partial charge in [-0.3, -0.25) is 48.8 Å². The van der Waals surface area contributed by atoms with Gasteiger partial charge in [0.05, 0.1) is 21.7 Å². The van der Waals surface area contributed by atoms with Crippen molar-refractivity contribution in [3.05, 3.63) is 148 Å². The summed E-state index contributed by atoms with van der Waals surface area (Å²) in [7, 11) is -11.1. The van der Waals surface area contributed by atoms with Crippen molar-refractivity contribution in [2.75, 3.05) is 93.3 Å². The van der Waals surface area contributed by atoms with Crippen molar-refractivity contribution >= 4 is 101 Å². The number of anilines is 3. The van der Waals surface area contributed by atoms with Crippen LogP contribution in [0.2, 0.25) is 5.02 Å². The maximum absolute atomic E-state index is 14.5. The summed E-state index contributed by atoms with van der Waals surface area (Å²) in [5.41, 5.74) is -0.628. The number of allylic oxidation sites excluding steroid dienone is 1. The summed E-state index contributed by atoms with van der Waals surface area (Å²) in [4.78, 5) is 85.9. The third-order valence-electron chi connectivity index (χ3n) is 17.4. The lowest BCUT2D eigenvalue weighted by Gasteiger charge is -2.39. The molecule has 1 aliphatic carbocycles. The number of piperidine rings is 1. The molecule has 0 radical (unpaired) electrons. The summed E-state index contributed by atoms with van der Waals surface area (Å²) in [6, 6.07) is 28.9. The number of carbonyl (C=O) groups excluding carboxylic acids is 6. The average molecular weight is 1330 g/mol. The lowest BCUT2D eigenvalue weighted by Crippen LogP contribution is -2.54. The van der Waals surface area contributed by atoms with Gasteiger partial charge in [0.1, 0.15) is 10.9 Å². The fraction of sp³-hybridized carbons (Fsp3) is 0.415. The highest BCUT2D eigenvalue weighted by Gasteiger charge is 2.49. The summed E-state index contributed by atoms with van der Waals surface area (Å²) >= 11 is 7.60. The van der Waals surface area contributed by atoms with E-state index in [9.17, 15) is 58.8 Å². The van der Waals surface area contributed by atoms with Gasteiger partial charge in [-0.05, 0) is 140 Å². The smallest absolute Gasteiger partial charge is 0.384 e. The summed E-state index contributed by atoms with van der Waals surface area (Å²) in [5.74, 6) is -3.27. The van der Waals surface area contributed by atoms with Gasteiger partial charge in [-0.25, -0.2) is 21.6 Å². The van der Waals surface area contributed by atoms with Gasteiger partial charge in [0.2, 0.25) is 17.7 Å². The van der Waals surface area contributed by atoms with Crippen LogP contribution >= 0.6 is 23.4 Å². The number of sulfonamides is 1. The van der Waals surface area contributed by atoms with E-state index in [1.54, 1.807) is 29.2 Å². The normalized spacial score (nSPS) is 18.9. The third-order valence-corrected chi connectivity index (χ3v) is 21.7. The number of carbonyl (C=O) groups is 6. The number of alkyl halides is 3. The summed E-state index contributed by atoms with van der Waals surface area (Å²) in [6.07, 6.45) is 4.73. The van der Waals surface area contributed by atoms with E-state index in [0.29, 0.717) is 88.4 Å². The molecular weight excluding hydrogens is 1260 g/mol. The van der Waals surface area contributed by atoms with E-state index in [-0.39, 0.29) is 53.0 Å². The van der Waals surface area contributed by atoms with E-state index in [2.05, 4.69) is 56.6 Å². The Morgan fingerprint density at radius 1 is 0.780 bits per heavy atom. The summed E-state index contributed by atoms with van der Waals surface area (Å²) in [6.45, 7) is 11.0. The molecule has 5 aliphatic rings. The molecule has 19 nitrogen and oxygen atoms in total. The first-order valence-electron chi connectivity index (χ1n) is 30.4. The monoisotopic (exact) mass is 1330 g/mol. The van der Waals surface area contributed by atoms with Crippen molar-refractivity contribution in [2.45, 2.75) is 104 Å². The second kappa shape index (κ2) is 28.3. The highest BCUT2D eigenvalue weighted by Crippen LogP contribution is 2.43. The Balaban J connectivity index is 0.726. The molecule has 0 spiro atoms. The largest absolute Gasteiger partial charge is 0.501 e. The van der Waals surface area contributed by atoms with E-state index in [4.69, 9.17) is 11.6 Å². The van der Waals surface area contributed by atoms with Crippen molar-refractivity contribution in [2.24, 2.45) is 5.41 Å². The second-order valence-electron chi connectivity index (χ2n) is 24.3. The Hall–Kier alpha value is -7.29. The van der Waals surface area contributed by atoms with Crippen LogP contribution in [0.4, 0.5) is 30.2 Å². The lowest BCUT2D eigenvalue weighted by atomic mass is 9.73. The lowest BCUT2D eigenvalue weighted by molar-refractivity contribution is -0.136. The number of fused-ring (bicyclic) bond motifs is 1. The molecule has 0 bridgehead atoms. The Morgan fingerprint density at radius 2 is 1.48 bits per heavy atom. The molecule has 4 heterocycles. The molecule has 4 aliphatic heterocycles. The van der Waals surface area contributed by atoms with Crippen LogP contribution in [0.25, 0.3) is 5.57 Å². The van der Waals surface area contributed by atoms with Crippen molar-refractivity contribution in [3.63, 3.8) is 0 Å². The highest BCUT2D eigenvalue weighted by atomic mass is 35.5. The topological polar surface area (TPSA) is 235 Å². The van der Waals surface area contributed by atoms with Gasteiger partial charge in [0.25, 0.3) is 37.6 Å². The predicted octanol–water partition coefficient (Wildman–Crippen LogP) is 9.33. The van der Waals surface area contributed by atoms with Gasteiger partial charge in [-0.15, -0.1) is 11.8 Å². The average Bonchev–Trinajstić information content (AvgIpc) is 1.70. The van der Waals surface area contributed by atoms with Crippen molar-refractivity contribution in [3.8, 4) is 0 Å². The fourth-order valence-electron chi connectivity index (χ4n) is 12.3. The quantitative estimate of drug-likeness (QED) is 0.0271. The number of imide groups is 2. The number of unbranched alkanes of at least 4 members (excludes halogenated alkanes) is 1. The summed E-state index contributed by atoms with van der Waals surface area (Å²) < 4.78 is 99.8. The molecule has 4 N–H and O–H groups in total. The number of benzene rings is 5. The first-order chi connectivity index (χ1) is 43.3. The van der Waals surface area contributed by atoms with Gasteiger partial charge in [-0.2, -0.15) is 13.2 Å². The minimum absolute atomic E-state index is 0.00198. The molecule has 0 aromatic heterocycles. The van der Waals surface area contributed by atoms with E-state index in [1.165, 1.54) is 46.7 Å². The minimum Gasteiger partial charge on any atom is -0.384 e. The Labute approximate surface area is 537 Å². The molecular formula is C65H73ClF3N9O10S3. The molecule has 3 fully saturated rings. The molecule has 6 amide bonds. The SMILES string of the molecule is CC1(C)CCC(c2ccc(Cl)cc2)=C(CN2CCN(c3ccc(C(=O)NS(=O)(=O)c4ccc(N[C@H](CCN5CCN(C(=O)CCCCNc6cccc7c6C(=O)N([C@@H]6CCC(=O)NC6=O)C7=O)CC5)CSc5ccccc5)c(S(=O)(=O)C(F)(F)F)c4)cc3)CC2)C1. The minimum atomic E-state index is -6.17. The van der Waals surface area contributed by atoms with Crippen LogP contribution in [-0.2, 0) is 34.2 Å². The molecule has 484 valence electrons. The maximum atomic E-state index is 14.5. The van der Waals surface area contributed by atoms with Crippen molar-refractivity contribution in [1.82, 2.24) is 29.6 Å². The van der Waals surface area contributed by atoms with Crippen LogP contribution in [0.3, 0.4) is 0 Å². The molecule has 26 heteroatoms.